The molecule has 1 saturated heterocycles. The van der Waals surface area contributed by atoms with E-state index in [-0.39, 0.29) is 28.9 Å². The number of hydrogen-bond acceptors (Lipinski definition) is 5. The molecule has 7 nitrogen and oxygen atoms in total. The summed E-state index contributed by atoms with van der Waals surface area (Å²) in [7, 11) is -1.55. The lowest BCUT2D eigenvalue weighted by atomic mass is 10.2. The zero-order valence-electron chi connectivity index (χ0n) is 14.0. The first-order chi connectivity index (χ1) is 11.9. The first-order valence-corrected chi connectivity index (χ1v) is 9.76. The number of rotatable bonds is 6. The van der Waals surface area contributed by atoms with Gasteiger partial charge in [-0.05, 0) is 42.7 Å². The Bertz CT molecular complexity index is 837. The van der Waals surface area contributed by atoms with Gasteiger partial charge in [0.15, 0.2) is 9.84 Å². The largest absolute Gasteiger partial charge is 0.381 e. The van der Waals surface area contributed by atoms with E-state index in [9.17, 15) is 13.2 Å². The van der Waals surface area contributed by atoms with Gasteiger partial charge in [0.05, 0.1) is 29.4 Å². The van der Waals surface area contributed by atoms with E-state index in [0.29, 0.717) is 24.6 Å². The molecule has 134 valence electrons. The summed E-state index contributed by atoms with van der Waals surface area (Å²) < 4.78 is 31.7. The van der Waals surface area contributed by atoms with Crippen molar-refractivity contribution >= 4 is 21.4 Å². The van der Waals surface area contributed by atoms with Crippen LogP contribution < -0.4 is 5.32 Å². The predicted octanol–water partition coefficient (Wildman–Crippen LogP) is 1.41. The smallest absolute Gasteiger partial charge is 0.230 e. The second kappa shape index (κ2) is 7.37. The number of hydrogen-bond donors (Lipinski definition) is 1. The topological polar surface area (TPSA) is 90.3 Å². The minimum absolute atomic E-state index is 0.0581. The van der Waals surface area contributed by atoms with E-state index in [4.69, 9.17) is 4.74 Å². The zero-order valence-corrected chi connectivity index (χ0v) is 14.8. The van der Waals surface area contributed by atoms with Gasteiger partial charge in [0.1, 0.15) is 0 Å². The molecule has 2 aromatic rings. The van der Waals surface area contributed by atoms with Crippen LogP contribution in [0.4, 0.5) is 5.69 Å². The van der Waals surface area contributed by atoms with Crippen molar-refractivity contribution in [2.75, 3.05) is 24.3 Å². The maximum Gasteiger partial charge on any atom is 0.230 e. The molecule has 1 unspecified atom stereocenters. The van der Waals surface area contributed by atoms with Crippen LogP contribution in [-0.2, 0) is 32.8 Å². The van der Waals surface area contributed by atoms with Crippen molar-refractivity contribution in [2.45, 2.75) is 17.7 Å². The van der Waals surface area contributed by atoms with Gasteiger partial charge in [-0.1, -0.05) is 0 Å². The van der Waals surface area contributed by atoms with Gasteiger partial charge < -0.3 is 10.1 Å². The summed E-state index contributed by atoms with van der Waals surface area (Å²) in [6.45, 7) is 1.13. The average Bonchev–Trinajstić information content (AvgIpc) is 3.19. The summed E-state index contributed by atoms with van der Waals surface area (Å²) in [5.41, 5.74) is 1.24. The number of carbonyl (C=O) groups excluding carboxylic acids is 1. The van der Waals surface area contributed by atoms with E-state index < -0.39 is 9.84 Å². The van der Waals surface area contributed by atoms with Crippen LogP contribution in [0.15, 0.2) is 41.4 Å². The number of aryl methyl sites for hydroxylation is 1. The molecule has 1 aliphatic heterocycles. The molecule has 1 amide bonds. The Labute approximate surface area is 146 Å². The Morgan fingerprint density at radius 1 is 1.32 bits per heavy atom. The Hall–Kier alpha value is -2.19. The minimum Gasteiger partial charge on any atom is -0.381 e. The molecular weight excluding hydrogens is 342 g/mol. The van der Waals surface area contributed by atoms with E-state index >= 15 is 0 Å². The third kappa shape index (κ3) is 4.67. The van der Waals surface area contributed by atoms with Crippen molar-refractivity contribution in [3.8, 4) is 0 Å². The molecule has 2 heterocycles. The second-order valence-electron chi connectivity index (χ2n) is 6.24. The van der Waals surface area contributed by atoms with Gasteiger partial charge >= 0.3 is 0 Å². The molecule has 3 rings (SSSR count). The quantitative estimate of drug-likeness (QED) is 0.838. The van der Waals surface area contributed by atoms with Gasteiger partial charge in [-0.15, -0.1) is 0 Å². The molecule has 1 aromatic carbocycles. The summed E-state index contributed by atoms with van der Waals surface area (Å²) in [5.74, 6) is -0.0431. The number of amides is 1. The van der Waals surface area contributed by atoms with Crippen LogP contribution >= 0.6 is 0 Å². The number of nitrogens with zero attached hydrogens (tertiary/aromatic N) is 2. The highest BCUT2D eigenvalue weighted by atomic mass is 32.2. The lowest BCUT2D eigenvalue weighted by molar-refractivity contribution is -0.115. The molecule has 1 aliphatic rings. The molecular formula is C17H21N3O4S. The monoisotopic (exact) mass is 363 g/mol. The molecule has 1 aromatic heterocycles. The lowest BCUT2D eigenvalue weighted by Gasteiger charge is -2.10. The SMILES string of the molecule is Cn1ccc(CC(=O)Nc2ccc(S(=O)(=O)CC3CCOC3)cc2)n1. The van der Waals surface area contributed by atoms with Gasteiger partial charge in [0.25, 0.3) is 0 Å². The normalized spacial score (nSPS) is 17.6. The maximum absolute atomic E-state index is 12.4. The molecule has 25 heavy (non-hydrogen) atoms. The fourth-order valence-corrected chi connectivity index (χ4v) is 4.42. The summed E-state index contributed by atoms with van der Waals surface area (Å²) in [6, 6.07) is 8.05. The van der Waals surface area contributed by atoms with Crippen molar-refractivity contribution in [1.82, 2.24) is 9.78 Å². The predicted molar refractivity (Wildman–Crippen MR) is 93.0 cm³/mol. The molecule has 0 spiro atoms. The van der Waals surface area contributed by atoms with E-state index in [1.165, 1.54) is 12.1 Å². The van der Waals surface area contributed by atoms with Crippen molar-refractivity contribution < 1.29 is 17.9 Å². The molecule has 0 bridgehead atoms. The molecule has 0 aliphatic carbocycles. The Kier molecular flexibility index (Phi) is 5.19. The van der Waals surface area contributed by atoms with Crippen LogP contribution in [0.2, 0.25) is 0 Å². The molecule has 0 radical (unpaired) electrons. The summed E-state index contributed by atoms with van der Waals surface area (Å²) in [4.78, 5) is 12.3. The van der Waals surface area contributed by atoms with Gasteiger partial charge in [-0.2, -0.15) is 5.10 Å². The van der Waals surface area contributed by atoms with E-state index in [1.54, 1.807) is 36.1 Å². The first kappa shape index (κ1) is 17.6. The highest BCUT2D eigenvalue weighted by Crippen LogP contribution is 2.21. The average molecular weight is 363 g/mol. The van der Waals surface area contributed by atoms with Crippen LogP contribution in [0.3, 0.4) is 0 Å². The highest BCUT2D eigenvalue weighted by molar-refractivity contribution is 7.91. The summed E-state index contributed by atoms with van der Waals surface area (Å²) >= 11 is 0. The van der Waals surface area contributed by atoms with Crippen molar-refractivity contribution in [3.63, 3.8) is 0 Å². The molecule has 8 heteroatoms. The molecule has 1 atom stereocenters. The Morgan fingerprint density at radius 2 is 2.08 bits per heavy atom. The molecule has 1 N–H and O–H groups in total. The number of anilines is 1. The number of nitrogens with one attached hydrogen (secondary N) is 1. The minimum atomic E-state index is -3.34. The number of benzene rings is 1. The van der Waals surface area contributed by atoms with Crippen LogP contribution in [0, 0.1) is 5.92 Å². The Morgan fingerprint density at radius 3 is 2.68 bits per heavy atom. The summed E-state index contributed by atoms with van der Waals surface area (Å²) in [6.07, 6.45) is 2.72. The van der Waals surface area contributed by atoms with Crippen molar-refractivity contribution in [3.05, 3.63) is 42.2 Å². The number of ether oxygens (including phenoxy) is 1. The van der Waals surface area contributed by atoms with E-state index in [2.05, 4.69) is 10.4 Å². The van der Waals surface area contributed by atoms with Crippen LogP contribution in [0.25, 0.3) is 0 Å². The van der Waals surface area contributed by atoms with Gasteiger partial charge in [0.2, 0.25) is 5.91 Å². The zero-order chi connectivity index (χ0) is 17.9. The number of sulfone groups is 1. The molecule has 0 saturated carbocycles. The molecule has 1 fully saturated rings. The fraction of sp³-hybridized carbons (Fsp3) is 0.412. The van der Waals surface area contributed by atoms with Gasteiger partial charge in [-0.3, -0.25) is 9.48 Å². The maximum atomic E-state index is 12.4. The standard InChI is InChI=1S/C17H21N3O4S/c1-20-8-6-15(19-20)10-17(21)18-14-2-4-16(5-3-14)25(22,23)12-13-7-9-24-11-13/h2-6,8,13H,7,9-12H2,1H3,(H,18,21). The van der Waals surface area contributed by atoms with Crippen LogP contribution in [0.1, 0.15) is 12.1 Å². The highest BCUT2D eigenvalue weighted by Gasteiger charge is 2.24. The van der Waals surface area contributed by atoms with Gasteiger partial charge in [0, 0.05) is 25.5 Å². The van der Waals surface area contributed by atoms with Crippen molar-refractivity contribution in [2.24, 2.45) is 13.0 Å². The third-order valence-corrected chi connectivity index (χ3v) is 5.99. The fourth-order valence-electron chi connectivity index (χ4n) is 2.79. The lowest BCUT2D eigenvalue weighted by Crippen LogP contribution is -2.17. The number of carbonyl (C=O) groups is 1. The van der Waals surface area contributed by atoms with Crippen LogP contribution in [0.5, 0.6) is 0 Å². The Balaban J connectivity index is 1.60. The number of aromatic nitrogens is 2. The van der Waals surface area contributed by atoms with Crippen LogP contribution in [-0.4, -0.2) is 43.1 Å². The summed E-state index contributed by atoms with van der Waals surface area (Å²) in [5, 5.41) is 6.90. The van der Waals surface area contributed by atoms with E-state index in [1.807, 2.05) is 0 Å². The van der Waals surface area contributed by atoms with Crippen molar-refractivity contribution in [1.29, 1.82) is 0 Å². The second-order valence-corrected chi connectivity index (χ2v) is 8.28. The van der Waals surface area contributed by atoms with E-state index in [0.717, 1.165) is 6.42 Å². The van der Waals surface area contributed by atoms with Gasteiger partial charge in [-0.25, -0.2) is 8.42 Å². The third-order valence-electron chi connectivity index (χ3n) is 4.09. The first-order valence-electron chi connectivity index (χ1n) is 8.11.